The molecule has 0 aliphatic rings. The van der Waals surface area contributed by atoms with E-state index >= 15 is 0 Å². The van der Waals surface area contributed by atoms with Crippen molar-refractivity contribution in [1.29, 1.82) is 0 Å². The normalized spacial score (nSPS) is 14.5. The third kappa shape index (κ3) is 6.13. The van der Waals surface area contributed by atoms with Crippen LogP contribution in [0.1, 0.15) is 27.2 Å². The maximum absolute atomic E-state index is 10.8. The summed E-state index contributed by atoms with van der Waals surface area (Å²) in [7, 11) is 0. The van der Waals surface area contributed by atoms with Crippen LogP contribution in [0.5, 0.6) is 0 Å². The van der Waals surface area contributed by atoms with Gasteiger partial charge in [-0.25, -0.2) is 0 Å². The van der Waals surface area contributed by atoms with Gasteiger partial charge < -0.3 is 10.5 Å². The van der Waals surface area contributed by atoms with E-state index in [0.717, 1.165) is 6.42 Å². The molecule has 0 radical (unpaired) electrons. The van der Waals surface area contributed by atoms with Crippen LogP contribution in [0.15, 0.2) is 0 Å². The summed E-state index contributed by atoms with van der Waals surface area (Å²) in [5.41, 5.74) is 5.26. The second-order valence-corrected chi connectivity index (χ2v) is 2.44. The Labute approximate surface area is 73.7 Å². The topological polar surface area (TPSA) is 52.3 Å². The molecule has 0 saturated carbocycles. The molecule has 0 heterocycles. The fourth-order valence-corrected chi connectivity index (χ4v) is 0.389. The first-order chi connectivity index (χ1) is 4.57. The summed E-state index contributed by atoms with van der Waals surface area (Å²) in [4.78, 5) is 10.8. The van der Waals surface area contributed by atoms with E-state index in [9.17, 15) is 4.79 Å². The van der Waals surface area contributed by atoms with Crippen LogP contribution in [-0.4, -0.2) is 18.1 Å². The van der Waals surface area contributed by atoms with E-state index in [4.69, 9.17) is 10.5 Å². The van der Waals surface area contributed by atoms with Gasteiger partial charge in [0.1, 0.15) is 6.04 Å². The van der Waals surface area contributed by atoms with Gasteiger partial charge in [-0.15, -0.1) is 12.4 Å². The highest BCUT2D eigenvalue weighted by Gasteiger charge is 2.11. The molecule has 0 aromatic carbocycles. The molecule has 0 rings (SSSR count). The lowest BCUT2D eigenvalue weighted by molar-refractivity contribution is -0.149. The van der Waals surface area contributed by atoms with Gasteiger partial charge in [-0.05, 0) is 20.3 Å². The Morgan fingerprint density at radius 3 is 2.27 bits per heavy atom. The van der Waals surface area contributed by atoms with Crippen LogP contribution >= 0.6 is 12.4 Å². The van der Waals surface area contributed by atoms with Crippen molar-refractivity contribution < 1.29 is 9.53 Å². The minimum absolute atomic E-state index is 0. The molecule has 0 aromatic heterocycles. The van der Waals surface area contributed by atoms with E-state index in [2.05, 4.69) is 0 Å². The first-order valence-corrected chi connectivity index (χ1v) is 3.54. The van der Waals surface area contributed by atoms with E-state index in [-0.39, 0.29) is 24.5 Å². The van der Waals surface area contributed by atoms with Gasteiger partial charge in [0.25, 0.3) is 0 Å². The average molecular weight is 182 g/mol. The molecule has 0 saturated heterocycles. The molecule has 2 atom stereocenters. The van der Waals surface area contributed by atoms with E-state index in [1.807, 2.05) is 13.8 Å². The van der Waals surface area contributed by atoms with Crippen molar-refractivity contribution in [2.45, 2.75) is 39.3 Å². The molecule has 0 bridgehead atoms. The summed E-state index contributed by atoms with van der Waals surface area (Å²) >= 11 is 0. The molecule has 0 aliphatic heterocycles. The van der Waals surface area contributed by atoms with Gasteiger partial charge in [-0.3, -0.25) is 4.79 Å². The second kappa shape index (κ2) is 6.43. The highest BCUT2D eigenvalue weighted by molar-refractivity contribution is 5.85. The van der Waals surface area contributed by atoms with E-state index in [0.29, 0.717) is 0 Å². The van der Waals surface area contributed by atoms with Gasteiger partial charge in [0.2, 0.25) is 0 Å². The first kappa shape index (κ1) is 13.3. The van der Waals surface area contributed by atoms with E-state index < -0.39 is 6.04 Å². The molecule has 11 heavy (non-hydrogen) atoms. The van der Waals surface area contributed by atoms with Gasteiger partial charge in [0, 0.05) is 0 Å². The highest BCUT2D eigenvalue weighted by atomic mass is 35.5. The third-order valence-corrected chi connectivity index (χ3v) is 1.26. The molecule has 0 fully saturated rings. The summed E-state index contributed by atoms with van der Waals surface area (Å²) in [5.74, 6) is -0.325. The van der Waals surface area contributed by atoms with Crippen LogP contribution in [0.25, 0.3) is 0 Å². The monoisotopic (exact) mass is 181 g/mol. The lowest BCUT2D eigenvalue weighted by atomic mass is 10.3. The SMILES string of the molecule is CC[C@@H](C)OC(=O)[C@H](C)N.Cl. The predicted octanol–water partition coefficient (Wildman–Crippen LogP) is 1.10. The predicted molar refractivity (Wildman–Crippen MR) is 46.7 cm³/mol. The zero-order chi connectivity index (χ0) is 8.15. The summed E-state index contributed by atoms with van der Waals surface area (Å²) in [6.45, 7) is 5.42. The Hall–Kier alpha value is -0.280. The van der Waals surface area contributed by atoms with Crippen molar-refractivity contribution in [2.75, 3.05) is 0 Å². The molecule has 0 spiro atoms. The van der Waals surface area contributed by atoms with Crippen LogP contribution < -0.4 is 5.73 Å². The van der Waals surface area contributed by atoms with Gasteiger partial charge in [-0.1, -0.05) is 6.92 Å². The largest absolute Gasteiger partial charge is 0.462 e. The first-order valence-electron chi connectivity index (χ1n) is 3.54. The fraction of sp³-hybridized carbons (Fsp3) is 0.857. The van der Waals surface area contributed by atoms with E-state index in [1.54, 1.807) is 6.92 Å². The van der Waals surface area contributed by atoms with Crippen LogP contribution in [0.4, 0.5) is 0 Å². The summed E-state index contributed by atoms with van der Waals surface area (Å²) < 4.78 is 4.90. The quantitative estimate of drug-likeness (QED) is 0.664. The molecule has 0 amide bonds. The summed E-state index contributed by atoms with van der Waals surface area (Å²) in [6, 6.07) is -0.506. The Balaban J connectivity index is 0. The van der Waals surface area contributed by atoms with Crippen molar-refractivity contribution in [3.63, 3.8) is 0 Å². The lowest BCUT2D eigenvalue weighted by Crippen LogP contribution is -2.31. The molecule has 68 valence electrons. The fourth-order valence-electron chi connectivity index (χ4n) is 0.389. The van der Waals surface area contributed by atoms with Crippen molar-refractivity contribution >= 4 is 18.4 Å². The minimum Gasteiger partial charge on any atom is -0.462 e. The smallest absolute Gasteiger partial charge is 0.322 e. The minimum atomic E-state index is -0.506. The second-order valence-electron chi connectivity index (χ2n) is 2.44. The number of halogens is 1. The van der Waals surface area contributed by atoms with Crippen molar-refractivity contribution in [1.82, 2.24) is 0 Å². The Kier molecular flexibility index (Phi) is 7.79. The zero-order valence-corrected chi connectivity index (χ0v) is 7.98. The van der Waals surface area contributed by atoms with Crippen LogP contribution in [0, 0.1) is 0 Å². The number of esters is 1. The number of carbonyl (C=O) groups is 1. The number of rotatable bonds is 3. The Bertz CT molecular complexity index is 117. The number of nitrogens with two attached hydrogens (primary N) is 1. The summed E-state index contributed by atoms with van der Waals surface area (Å²) in [6.07, 6.45) is 0.817. The van der Waals surface area contributed by atoms with E-state index in [1.165, 1.54) is 0 Å². The molecule has 4 heteroatoms. The maximum Gasteiger partial charge on any atom is 0.322 e. The van der Waals surface area contributed by atoms with Gasteiger partial charge >= 0.3 is 5.97 Å². The van der Waals surface area contributed by atoms with Crippen LogP contribution in [0.2, 0.25) is 0 Å². The van der Waals surface area contributed by atoms with Crippen molar-refractivity contribution in [3.8, 4) is 0 Å². The lowest BCUT2D eigenvalue weighted by Gasteiger charge is -2.11. The summed E-state index contributed by atoms with van der Waals surface area (Å²) in [5, 5.41) is 0. The number of carbonyl (C=O) groups excluding carboxylic acids is 1. The molecular formula is C7H16ClNO2. The molecule has 0 aliphatic carbocycles. The number of hydrogen-bond acceptors (Lipinski definition) is 3. The van der Waals surface area contributed by atoms with Crippen LogP contribution in [-0.2, 0) is 9.53 Å². The maximum atomic E-state index is 10.8. The highest BCUT2D eigenvalue weighted by Crippen LogP contribution is 1.97. The third-order valence-electron chi connectivity index (χ3n) is 1.26. The molecule has 2 N–H and O–H groups in total. The molecular weight excluding hydrogens is 166 g/mol. The average Bonchev–Trinajstić information content (AvgIpc) is 1.87. The Morgan fingerprint density at radius 2 is 2.00 bits per heavy atom. The van der Waals surface area contributed by atoms with Crippen molar-refractivity contribution in [2.24, 2.45) is 5.73 Å². The van der Waals surface area contributed by atoms with Crippen LogP contribution in [0.3, 0.4) is 0 Å². The standard InChI is InChI=1S/C7H15NO2.ClH/c1-4-5(2)10-7(9)6(3)8;/h5-6H,4,8H2,1-3H3;1H/t5-,6+;/m1./s1. The number of ether oxygens (including phenoxy) is 1. The van der Waals surface area contributed by atoms with Gasteiger partial charge in [-0.2, -0.15) is 0 Å². The van der Waals surface area contributed by atoms with Crippen molar-refractivity contribution in [3.05, 3.63) is 0 Å². The Morgan fingerprint density at radius 1 is 1.55 bits per heavy atom. The molecule has 0 aromatic rings. The number of hydrogen-bond donors (Lipinski definition) is 1. The molecule has 3 nitrogen and oxygen atoms in total. The van der Waals surface area contributed by atoms with Gasteiger partial charge in [0.15, 0.2) is 0 Å². The van der Waals surface area contributed by atoms with Gasteiger partial charge in [0.05, 0.1) is 6.10 Å². The molecule has 0 unspecified atom stereocenters. The zero-order valence-electron chi connectivity index (χ0n) is 7.16.